The molecule has 0 radical (unpaired) electrons. The standard InChI is InChI=1S/C12H23NO/c1-8(2)5-10-7-11(6-9(3)4)13-12(10)14/h8-11H,5-7H2,1-4H3,(H,13,14)/t10-,11+/m0/s1. The van der Waals surface area contributed by atoms with Gasteiger partial charge in [-0.2, -0.15) is 0 Å². The summed E-state index contributed by atoms with van der Waals surface area (Å²) in [4.78, 5) is 11.6. The second-order valence-corrected chi connectivity index (χ2v) is 5.40. The van der Waals surface area contributed by atoms with Crippen molar-refractivity contribution < 1.29 is 4.79 Å². The molecule has 1 N–H and O–H groups in total. The second kappa shape index (κ2) is 4.81. The van der Waals surface area contributed by atoms with Crippen molar-refractivity contribution in [3.63, 3.8) is 0 Å². The molecule has 2 atom stereocenters. The van der Waals surface area contributed by atoms with E-state index in [0.29, 0.717) is 17.9 Å². The maximum absolute atomic E-state index is 11.6. The van der Waals surface area contributed by atoms with E-state index in [1.54, 1.807) is 0 Å². The minimum absolute atomic E-state index is 0.277. The van der Waals surface area contributed by atoms with Crippen LogP contribution in [0.25, 0.3) is 0 Å². The minimum Gasteiger partial charge on any atom is -0.353 e. The van der Waals surface area contributed by atoms with Crippen LogP contribution in [0.2, 0.25) is 0 Å². The molecule has 1 fully saturated rings. The largest absolute Gasteiger partial charge is 0.353 e. The topological polar surface area (TPSA) is 29.1 Å². The molecule has 14 heavy (non-hydrogen) atoms. The van der Waals surface area contributed by atoms with Crippen LogP contribution in [0.15, 0.2) is 0 Å². The highest BCUT2D eigenvalue weighted by atomic mass is 16.2. The van der Waals surface area contributed by atoms with Gasteiger partial charge in [0.2, 0.25) is 5.91 Å². The van der Waals surface area contributed by atoms with Gasteiger partial charge in [-0.1, -0.05) is 27.7 Å². The third-order valence-electron chi connectivity index (χ3n) is 2.80. The van der Waals surface area contributed by atoms with Crippen molar-refractivity contribution in [2.75, 3.05) is 0 Å². The molecule has 0 saturated carbocycles. The Kier molecular flexibility index (Phi) is 3.97. The highest BCUT2D eigenvalue weighted by molar-refractivity contribution is 5.81. The summed E-state index contributed by atoms with van der Waals surface area (Å²) in [6.45, 7) is 8.79. The van der Waals surface area contributed by atoms with E-state index in [-0.39, 0.29) is 11.8 Å². The minimum atomic E-state index is 0.277. The van der Waals surface area contributed by atoms with E-state index >= 15 is 0 Å². The van der Waals surface area contributed by atoms with E-state index in [2.05, 4.69) is 33.0 Å². The van der Waals surface area contributed by atoms with Crippen molar-refractivity contribution in [1.29, 1.82) is 0 Å². The monoisotopic (exact) mass is 197 g/mol. The summed E-state index contributed by atoms with van der Waals surface area (Å²) in [5.74, 6) is 1.87. The van der Waals surface area contributed by atoms with Crippen LogP contribution in [0.3, 0.4) is 0 Å². The van der Waals surface area contributed by atoms with Crippen molar-refractivity contribution in [3.8, 4) is 0 Å². The molecule has 0 unspecified atom stereocenters. The van der Waals surface area contributed by atoms with Gasteiger partial charge in [0, 0.05) is 12.0 Å². The number of hydrogen-bond donors (Lipinski definition) is 1. The Hall–Kier alpha value is -0.530. The number of amides is 1. The molecule has 2 nitrogen and oxygen atoms in total. The Morgan fingerprint density at radius 2 is 1.79 bits per heavy atom. The van der Waals surface area contributed by atoms with Crippen LogP contribution < -0.4 is 5.32 Å². The third kappa shape index (κ3) is 3.32. The molecular weight excluding hydrogens is 174 g/mol. The third-order valence-corrected chi connectivity index (χ3v) is 2.80. The maximum Gasteiger partial charge on any atom is 0.223 e. The zero-order valence-corrected chi connectivity index (χ0v) is 9.84. The van der Waals surface area contributed by atoms with Crippen molar-refractivity contribution in [3.05, 3.63) is 0 Å². The molecule has 1 aliphatic rings. The number of rotatable bonds is 4. The van der Waals surface area contributed by atoms with E-state index in [4.69, 9.17) is 0 Å². The fraction of sp³-hybridized carbons (Fsp3) is 0.917. The highest BCUT2D eigenvalue weighted by Crippen LogP contribution is 2.25. The predicted molar refractivity (Wildman–Crippen MR) is 58.9 cm³/mol. The molecule has 0 aromatic rings. The van der Waals surface area contributed by atoms with Crippen LogP contribution in [0.1, 0.15) is 47.0 Å². The number of carbonyl (C=O) groups is 1. The predicted octanol–water partition coefficient (Wildman–Crippen LogP) is 2.58. The average Bonchev–Trinajstić information content (AvgIpc) is 2.28. The second-order valence-electron chi connectivity index (χ2n) is 5.40. The van der Waals surface area contributed by atoms with Gasteiger partial charge in [-0.15, -0.1) is 0 Å². The zero-order chi connectivity index (χ0) is 10.7. The van der Waals surface area contributed by atoms with Gasteiger partial charge >= 0.3 is 0 Å². The smallest absolute Gasteiger partial charge is 0.223 e. The molecule has 2 heteroatoms. The van der Waals surface area contributed by atoms with Crippen molar-refractivity contribution in [2.45, 2.75) is 53.0 Å². The Labute approximate surface area is 87.5 Å². The summed E-state index contributed by atoms with van der Waals surface area (Å²) >= 11 is 0. The number of nitrogens with one attached hydrogen (secondary N) is 1. The summed E-state index contributed by atoms with van der Waals surface area (Å²) in [5, 5.41) is 3.10. The number of hydrogen-bond acceptors (Lipinski definition) is 1. The summed E-state index contributed by atoms with van der Waals surface area (Å²) in [7, 11) is 0. The van der Waals surface area contributed by atoms with Crippen LogP contribution in [0, 0.1) is 17.8 Å². The van der Waals surface area contributed by atoms with Crippen molar-refractivity contribution >= 4 is 5.91 Å². The lowest BCUT2D eigenvalue weighted by atomic mass is 9.92. The summed E-state index contributed by atoms with van der Waals surface area (Å²) in [6.07, 6.45) is 3.22. The molecule has 0 aromatic carbocycles. The molecule has 82 valence electrons. The van der Waals surface area contributed by atoms with Gasteiger partial charge < -0.3 is 5.32 Å². The zero-order valence-electron chi connectivity index (χ0n) is 9.84. The van der Waals surface area contributed by atoms with Crippen LogP contribution in [-0.2, 0) is 4.79 Å². The van der Waals surface area contributed by atoms with Crippen LogP contribution >= 0.6 is 0 Å². The van der Waals surface area contributed by atoms with E-state index in [0.717, 1.165) is 19.3 Å². The first-order chi connectivity index (χ1) is 6.49. The Bertz CT molecular complexity index is 198. The molecule has 0 aromatic heterocycles. The van der Waals surface area contributed by atoms with Crippen LogP contribution in [0.4, 0.5) is 0 Å². The molecule has 0 aliphatic carbocycles. The van der Waals surface area contributed by atoms with Gasteiger partial charge in [-0.3, -0.25) is 4.79 Å². The van der Waals surface area contributed by atoms with Crippen molar-refractivity contribution in [2.24, 2.45) is 17.8 Å². The first-order valence-electron chi connectivity index (χ1n) is 5.79. The molecule has 1 saturated heterocycles. The number of carbonyl (C=O) groups excluding carboxylic acids is 1. The quantitative estimate of drug-likeness (QED) is 0.737. The van der Waals surface area contributed by atoms with Gasteiger partial charge in [-0.05, 0) is 31.1 Å². The van der Waals surface area contributed by atoms with Crippen molar-refractivity contribution in [1.82, 2.24) is 5.32 Å². The lowest BCUT2D eigenvalue weighted by Crippen LogP contribution is -2.27. The van der Waals surface area contributed by atoms with E-state index in [9.17, 15) is 4.79 Å². The fourth-order valence-corrected chi connectivity index (χ4v) is 2.32. The van der Waals surface area contributed by atoms with E-state index < -0.39 is 0 Å². The van der Waals surface area contributed by atoms with E-state index in [1.807, 2.05) is 0 Å². The first kappa shape index (κ1) is 11.5. The lowest BCUT2D eigenvalue weighted by Gasteiger charge is -2.12. The Balaban J connectivity index is 2.39. The Morgan fingerprint density at radius 1 is 1.21 bits per heavy atom. The maximum atomic E-state index is 11.6. The van der Waals surface area contributed by atoms with Gasteiger partial charge in [0.05, 0.1) is 0 Å². The van der Waals surface area contributed by atoms with Crippen LogP contribution in [0.5, 0.6) is 0 Å². The van der Waals surface area contributed by atoms with Crippen LogP contribution in [-0.4, -0.2) is 11.9 Å². The first-order valence-corrected chi connectivity index (χ1v) is 5.79. The molecule has 0 bridgehead atoms. The molecule has 0 spiro atoms. The molecule has 1 heterocycles. The van der Waals surface area contributed by atoms with Gasteiger partial charge in [0.15, 0.2) is 0 Å². The summed E-state index contributed by atoms with van der Waals surface area (Å²) in [6, 6.07) is 0.436. The fourth-order valence-electron chi connectivity index (χ4n) is 2.32. The highest BCUT2D eigenvalue weighted by Gasteiger charge is 2.32. The SMILES string of the molecule is CC(C)C[C@@H]1C[C@H](CC(C)C)C(=O)N1. The Morgan fingerprint density at radius 3 is 2.29 bits per heavy atom. The molecule has 1 aliphatic heterocycles. The lowest BCUT2D eigenvalue weighted by molar-refractivity contribution is -0.123. The summed E-state index contributed by atoms with van der Waals surface area (Å²) in [5.41, 5.74) is 0. The average molecular weight is 197 g/mol. The molecule has 1 rings (SSSR count). The summed E-state index contributed by atoms with van der Waals surface area (Å²) < 4.78 is 0. The molecule has 1 amide bonds. The molecular formula is C12H23NO. The normalized spacial score (nSPS) is 27.4. The van der Waals surface area contributed by atoms with Gasteiger partial charge in [0.25, 0.3) is 0 Å². The van der Waals surface area contributed by atoms with E-state index in [1.165, 1.54) is 0 Å². The van der Waals surface area contributed by atoms with Gasteiger partial charge in [-0.25, -0.2) is 0 Å². The van der Waals surface area contributed by atoms with Gasteiger partial charge in [0.1, 0.15) is 0 Å².